The van der Waals surface area contributed by atoms with Crippen LogP contribution in [-0.4, -0.2) is 22.9 Å². The molecule has 6 nitrogen and oxygen atoms in total. The molecule has 1 aliphatic rings. The molecule has 0 radical (unpaired) electrons. The third-order valence-electron chi connectivity index (χ3n) is 4.59. The predicted molar refractivity (Wildman–Crippen MR) is 101 cm³/mol. The average Bonchev–Trinajstić information content (AvgIpc) is 3.46. The van der Waals surface area contributed by atoms with Crippen molar-refractivity contribution in [2.45, 2.75) is 32.2 Å². The van der Waals surface area contributed by atoms with Crippen LogP contribution in [-0.2, 0) is 9.59 Å². The number of benzene rings is 2. The Balaban J connectivity index is 1.76. The van der Waals surface area contributed by atoms with Crippen LogP contribution in [0.3, 0.4) is 0 Å². The molecule has 1 atom stereocenters. The Kier molecular flexibility index (Phi) is 5.54. The van der Waals surface area contributed by atoms with Crippen molar-refractivity contribution in [3.05, 3.63) is 65.2 Å². The molecule has 0 bridgehead atoms. The van der Waals surface area contributed by atoms with E-state index < -0.39 is 12.0 Å². The Labute approximate surface area is 157 Å². The first-order chi connectivity index (χ1) is 12.9. The molecule has 3 rings (SSSR count). The summed E-state index contributed by atoms with van der Waals surface area (Å²) in [7, 11) is 0. The van der Waals surface area contributed by atoms with E-state index in [0.29, 0.717) is 11.3 Å². The number of carboxylic acids is 1. The van der Waals surface area contributed by atoms with Gasteiger partial charge in [0.2, 0.25) is 5.91 Å². The summed E-state index contributed by atoms with van der Waals surface area (Å²) in [5, 5.41) is 14.8. The van der Waals surface area contributed by atoms with E-state index in [1.54, 1.807) is 24.3 Å². The zero-order chi connectivity index (χ0) is 19.4. The van der Waals surface area contributed by atoms with E-state index in [9.17, 15) is 19.5 Å². The summed E-state index contributed by atoms with van der Waals surface area (Å²) in [6.07, 6.45) is 1.59. The fourth-order valence-electron chi connectivity index (χ4n) is 2.96. The molecule has 0 saturated heterocycles. The second-order valence-electron chi connectivity index (χ2n) is 6.82. The lowest BCUT2D eigenvalue weighted by atomic mass is 9.98. The number of nitrogens with one attached hydrogen (secondary N) is 2. The van der Waals surface area contributed by atoms with Crippen molar-refractivity contribution in [1.29, 1.82) is 0 Å². The van der Waals surface area contributed by atoms with E-state index in [-0.39, 0.29) is 24.2 Å². The molecule has 2 amide bonds. The Morgan fingerprint density at radius 3 is 2.52 bits per heavy atom. The van der Waals surface area contributed by atoms with Crippen LogP contribution in [0.5, 0.6) is 0 Å². The van der Waals surface area contributed by atoms with Gasteiger partial charge in [0.05, 0.1) is 12.5 Å². The third kappa shape index (κ3) is 4.94. The zero-order valence-corrected chi connectivity index (χ0v) is 15.1. The number of carbonyl (C=O) groups excluding carboxylic acids is 2. The van der Waals surface area contributed by atoms with Crippen molar-refractivity contribution >= 4 is 23.5 Å². The van der Waals surface area contributed by atoms with Gasteiger partial charge in [0.25, 0.3) is 5.91 Å². The smallest absolute Gasteiger partial charge is 0.305 e. The largest absolute Gasteiger partial charge is 0.481 e. The summed E-state index contributed by atoms with van der Waals surface area (Å²) in [6, 6.07) is 13.4. The first kappa shape index (κ1) is 18.6. The minimum Gasteiger partial charge on any atom is -0.481 e. The highest BCUT2D eigenvalue weighted by Crippen LogP contribution is 2.30. The highest BCUT2D eigenvalue weighted by molar-refractivity contribution is 5.98. The van der Waals surface area contributed by atoms with E-state index in [1.807, 2.05) is 31.2 Å². The molecule has 1 saturated carbocycles. The molecular weight excluding hydrogens is 344 g/mol. The monoisotopic (exact) mass is 366 g/mol. The number of hydrogen-bond acceptors (Lipinski definition) is 3. The van der Waals surface area contributed by atoms with Crippen molar-refractivity contribution in [2.75, 3.05) is 5.32 Å². The van der Waals surface area contributed by atoms with Crippen LogP contribution in [0.25, 0.3) is 0 Å². The van der Waals surface area contributed by atoms with Gasteiger partial charge in [-0.2, -0.15) is 0 Å². The maximum Gasteiger partial charge on any atom is 0.305 e. The van der Waals surface area contributed by atoms with Gasteiger partial charge in [0, 0.05) is 17.2 Å². The molecule has 6 heteroatoms. The number of carbonyl (C=O) groups is 3. The highest BCUT2D eigenvalue weighted by Gasteiger charge is 2.29. The Morgan fingerprint density at radius 2 is 1.85 bits per heavy atom. The van der Waals surface area contributed by atoms with Crippen LogP contribution in [0.4, 0.5) is 5.69 Å². The van der Waals surface area contributed by atoms with Crippen LogP contribution >= 0.6 is 0 Å². The second kappa shape index (κ2) is 8.03. The number of amides is 2. The maximum atomic E-state index is 12.7. The van der Waals surface area contributed by atoms with E-state index in [2.05, 4.69) is 10.6 Å². The minimum atomic E-state index is -0.992. The van der Waals surface area contributed by atoms with Gasteiger partial charge in [-0.05, 0) is 49.1 Å². The minimum absolute atomic E-state index is 0.0313. The quantitative estimate of drug-likeness (QED) is 0.701. The third-order valence-corrected chi connectivity index (χ3v) is 4.59. The van der Waals surface area contributed by atoms with Crippen molar-refractivity contribution in [1.82, 2.24) is 5.32 Å². The molecule has 1 unspecified atom stereocenters. The highest BCUT2D eigenvalue weighted by atomic mass is 16.4. The van der Waals surface area contributed by atoms with Gasteiger partial charge in [-0.1, -0.05) is 30.3 Å². The summed E-state index contributed by atoms with van der Waals surface area (Å²) < 4.78 is 0. The molecule has 0 spiro atoms. The predicted octanol–water partition coefficient (Wildman–Crippen LogP) is 3.29. The van der Waals surface area contributed by atoms with Gasteiger partial charge < -0.3 is 15.7 Å². The summed E-state index contributed by atoms with van der Waals surface area (Å²) in [5.74, 6) is -1.33. The molecule has 1 aliphatic carbocycles. The van der Waals surface area contributed by atoms with Crippen LogP contribution in [0.15, 0.2) is 48.5 Å². The molecule has 0 aliphatic heterocycles. The number of hydrogen-bond donors (Lipinski definition) is 3. The molecule has 140 valence electrons. The van der Waals surface area contributed by atoms with Crippen molar-refractivity contribution in [3.63, 3.8) is 0 Å². The number of carboxylic acid groups (broad SMARTS) is 1. The SMILES string of the molecule is Cc1ccccc1C(CC(=O)O)NC(=O)c1cccc(NC(=O)C2CC2)c1. The number of aryl methyl sites for hydroxylation is 1. The van der Waals surface area contributed by atoms with Crippen LogP contribution in [0.2, 0.25) is 0 Å². The lowest BCUT2D eigenvalue weighted by Crippen LogP contribution is -2.30. The number of rotatable bonds is 7. The summed E-state index contributed by atoms with van der Waals surface area (Å²) >= 11 is 0. The van der Waals surface area contributed by atoms with Gasteiger partial charge in [-0.25, -0.2) is 0 Å². The molecule has 27 heavy (non-hydrogen) atoms. The van der Waals surface area contributed by atoms with Gasteiger partial charge in [0.1, 0.15) is 0 Å². The van der Waals surface area contributed by atoms with Crippen molar-refractivity contribution < 1.29 is 19.5 Å². The van der Waals surface area contributed by atoms with E-state index in [1.165, 1.54) is 0 Å². The fraction of sp³-hybridized carbons (Fsp3) is 0.286. The molecule has 2 aromatic rings. The lowest BCUT2D eigenvalue weighted by Gasteiger charge is -2.19. The fourth-order valence-corrected chi connectivity index (χ4v) is 2.96. The molecular formula is C21H22N2O4. The standard InChI is InChI=1S/C21H22N2O4/c1-13-5-2-3-8-17(13)18(12-19(24)25)23-21(27)15-6-4-7-16(11-15)22-20(26)14-9-10-14/h2-8,11,14,18H,9-10,12H2,1H3,(H,22,26)(H,23,27)(H,24,25). The normalized spacial score (nSPS) is 14.3. The first-order valence-corrected chi connectivity index (χ1v) is 8.93. The van der Waals surface area contributed by atoms with E-state index in [0.717, 1.165) is 24.0 Å². The number of anilines is 1. The van der Waals surface area contributed by atoms with Crippen LogP contribution < -0.4 is 10.6 Å². The summed E-state index contributed by atoms with van der Waals surface area (Å²) in [6.45, 7) is 1.88. The zero-order valence-electron chi connectivity index (χ0n) is 15.1. The Morgan fingerprint density at radius 1 is 1.11 bits per heavy atom. The summed E-state index contributed by atoms with van der Waals surface area (Å²) in [5.41, 5.74) is 2.61. The second-order valence-corrected chi connectivity index (χ2v) is 6.82. The topological polar surface area (TPSA) is 95.5 Å². The maximum absolute atomic E-state index is 12.7. The van der Waals surface area contributed by atoms with Gasteiger partial charge in [0.15, 0.2) is 0 Å². The van der Waals surface area contributed by atoms with E-state index in [4.69, 9.17) is 0 Å². The van der Waals surface area contributed by atoms with Crippen molar-refractivity contribution in [2.24, 2.45) is 5.92 Å². The molecule has 1 fully saturated rings. The summed E-state index contributed by atoms with van der Waals surface area (Å²) in [4.78, 5) is 35.8. The first-order valence-electron chi connectivity index (χ1n) is 8.93. The van der Waals surface area contributed by atoms with Gasteiger partial charge in [-0.15, -0.1) is 0 Å². The average molecular weight is 366 g/mol. The Hall–Kier alpha value is -3.15. The molecule has 0 aromatic heterocycles. The number of aliphatic carboxylic acids is 1. The van der Waals surface area contributed by atoms with Crippen molar-refractivity contribution in [3.8, 4) is 0 Å². The molecule has 2 aromatic carbocycles. The van der Waals surface area contributed by atoms with Gasteiger partial charge in [-0.3, -0.25) is 14.4 Å². The lowest BCUT2D eigenvalue weighted by molar-refractivity contribution is -0.137. The molecule has 3 N–H and O–H groups in total. The Bertz CT molecular complexity index is 874. The van der Waals surface area contributed by atoms with Gasteiger partial charge >= 0.3 is 5.97 Å². The van der Waals surface area contributed by atoms with E-state index >= 15 is 0 Å². The van der Waals surface area contributed by atoms with Crippen LogP contribution in [0, 0.1) is 12.8 Å². The molecule has 0 heterocycles. The van der Waals surface area contributed by atoms with Crippen LogP contribution in [0.1, 0.15) is 46.8 Å².